The standard InChI is InChI=1S/C18H26N4OS2/c1-14-20-16(11-25-14)10-23-9-15-3-5-21(2)18(7-15)12-22(13-18)8-17-19-4-6-24-17/h4,6,11,15H,3,5,7-10,12-13H2,1-2H3/t15-/m1/s1. The summed E-state index contributed by atoms with van der Waals surface area (Å²) in [7, 11) is 2.29. The SMILES string of the molecule is Cc1nc(COC[C@@H]2CCN(C)C3(C2)CN(Cc2nccs2)C3)cs1. The molecule has 5 nitrogen and oxygen atoms in total. The maximum Gasteiger partial charge on any atom is 0.107 e. The van der Waals surface area contributed by atoms with E-state index in [1.165, 1.54) is 24.4 Å². The van der Waals surface area contributed by atoms with E-state index < -0.39 is 0 Å². The molecular formula is C18H26N4OS2. The second-order valence-corrected chi connectivity index (χ2v) is 9.49. The van der Waals surface area contributed by atoms with E-state index in [-0.39, 0.29) is 0 Å². The lowest BCUT2D eigenvalue weighted by Crippen LogP contribution is -2.71. The van der Waals surface area contributed by atoms with Crippen LogP contribution in [0.3, 0.4) is 0 Å². The number of likely N-dealkylation sites (N-methyl/N-ethyl adjacent to an activating group) is 1. The molecule has 0 aromatic carbocycles. The van der Waals surface area contributed by atoms with Crippen LogP contribution in [0, 0.1) is 12.8 Å². The first-order valence-electron chi connectivity index (χ1n) is 8.94. The smallest absolute Gasteiger partial charge is 0.107 e. The Morgan fingerprint density at radius 2 is 2.24 bits per heavy atom. The Morgan fingerprint density at radius 3 is 2.96 bits per heavy atom. The summed E-state index contributed by atoms with van der Waals surface area (Å²) in [6.07, 6.45) is 4.38. The van der Waals surface area contributed by atoms with Gasteiger partial charge < -0.3 is 4.74 Å². The average molecular weight is 379 g/mol. The molecule has 0 radical (unpaired) electrons. The van der Waals surface area contributed by atoms with Gasteiger partial charge in [-0.25, -0.2) is 9.97 Å². The van der Waals surface area contributed by atoms with E-state index in [1.54, 1.807) is 22.7 Å². The van der Waals surface area contributed by atoms with Crippen molar-refractivity contribution < 1.29 is 4.74 Å². The number of piperidine rings is 1. The molecule has 2 fully saturated rings. The second kappa shape index (κ2) is 7.40. The summed E-state index contributed by atoms with van der Waals surface area (Å²) in [5, 5.41) is 6.52. The van der Waals surface area contributed by atoms with Gasteiger partial charge in [0.2, 0.25) is 0 Å². The molecular weight excluding hydrogens is 352 g/mol. The summed E-state index contributed by atoms with van der Waals surface area (Å²) in [5.74, 6) is 0.665. The van der Waals surface area contributed by atoms with Crippen molar-refractivity contribution in [2.24, 2.45) is 5.92 Å². The zero-order chi connectivity index (χ0) is 17.3. The molecule has 0 unspecified atom stereocenters. The van der Waals surface area contributed by atoms with E-state index in [0.717, 1.165) is 36.9 Å². The van der Waals surface area contributed by atoms with Crippen molar-refractivity contribution in [3.05, 3.63) is 32.7 Å². The van der Waals surface area contributed by atoms with Crippen molar-refractivity contribution in [1.82, 2.24) is 19.8 Å². The van der Waals surface area contributed by atoms with E-state index in [9.17, 15) is 0 Å². The maximum atomic E-state index is 5.99. The summed E-state index contributed by atoms with van der Waals surface area (Å²) in [6.45, 7) is 8.05. The molecule has 0 aliphatic carbocycles. The van der Waals surface area contributed by atoms with Gasteiger partial charge in [0.15, 0.2) is 0 Å². The molecule has 136 valence electrons. The maximum absolute atomic E-state index is 5.99. The van der Waals surface area contributed by atoms with E-state index in [1.807, 2.05) is 13.1 Å². The molecule has 2 aliphatic rings. The average Bonchev–Trinajstić information content (AvgIpc) is 3.20. The Balaban J connectivity index is 1.25. The zero-order valence-corrected chi connectivity index (χ0v) is 16.6. The highest BCUT2D eigenvalue weighted by Crippen LogP contribution is 2.39. The fourth-order valence-electron chi connectivity index (χ4n) is 4.15. The number of hydrogen-bond acceptors (Lipinski definition) is 7. The number of ether oxygens (including phenoxy) is 1. The minimum Gasteiger partial charge on any atom is -0.375 e. The quantitative estimate of drug-likeness (QED) is 0.773. The highest BCUT2D eigenvalue weighted by molar-refractivity contribution is 7.09. The monoisotopic (exact) mass is 378 g/mol. The molecule has 7 heteroatoms. The number of aromatic nitrogens is 2. The fraction of sp³-hybridized carbons (Fsp3) is 0.667. The summed E-state index contributed by atoms with van der Waals surface area (Å²) >= 11 is 3.45. The third kappa shape index (κ3) is 3.95. The normalized spacial score (nSPS) is 23.8. The second-order valence-electron chi connectivity index (χ2n) is 7.45. The van der Waals surface area contributed by atoms with E-state index in [0.29, 0.717) is 18.1 Å². The molecule has 2 aromatic heterocycles. The van der Waals surface area contributed by atoms with Crippen LogP contribution < -0.4 is 0 Å². The number of rotatable bonds is 6. The number of likely N-dealkylation sites (tertiary alicyclic amines) is 2. The Hall–Kier alpha value is -0.860. The van der Waals surface area contributed by atoms with Gasteiger partial charge in [0, 0.05) is 35.6 Å². The molecule has 4 heterocycles. The number of aryl methyl sites for hydroxylation is 1. The van der Waals surface area contributed by atoms with Crippen LogP contribution in [0.15, 0.2) is 17.0 Å². The van der Waals surface area contributed by atoms with Gasteiger partial charge in [0.1, 0.15) is 5.01 Å². The summed E-state index contributed by atoms with van der Waals surface area (Å²) < 4.78 is 5.99. The van der Waals surface area contributed by atoms with E-state index in [4.69, 9.17) is 4.74 Å². The number of hydrogen-bond donors (Lipinski definition) is 0. The van der Waals surface area contributed by atoms with Crippen LogP contribution in [0.4, 0.5) is 0 Å². The molecule has 2 aromatic rings. The van der Waals surface area contributed by atoms with Crippen LogP contribution in [-0.4, -0.2) is 58.6 Å². The summed E-state index contributed by atoms with van der Waals surface area (Å²) in [6, 6.07) is 0. The number of nitrogens with zero attached hydrogens (tertiary/aromatic N) is 4. The van der Waals surface area contributed by atoms with Crippen LogP contribution >= 0.6 is 22.7 Å². The van der Waals surface area contributed by atoms with Gasteiger partial charge in [0.25, 0.3) is 0 Å². The van der Waals surface area contributed by atoms with Crippen molar-refractivity contribution in [2.45, 2.75) is 38.5 Å². The minimum absolute atomic E-state index is 0.348. The van der Waals surface area contributed by atoms with Crippen LogP contribution in [0.5, 0.6) is 0 Å². The molecule has 0 amide bonds. The lowest BCUT2D eigenvalue weighted by atomic mass is 9.75. The highest BCUT2D eigenvalue weighted by Gasteiger charge is 2.49. The van der Waals surface area contributed by atoms with Crippen LogP contribution in [0.2, 0.25) is 0 Å². The van der Waals surface area contributed by atoms with Crippen molar-refractivity contribution >= 4 is 22.7 Å². The fourth-order valence-corrected chi connectivity index (χ4v) is 5.40. The molecule has 4 rings (SSSR count). The van der Waals surface area contributed by atoms with E-state index in [2.05, 4.69) is 37.6 Å². The molecule has 0 N–H and O–H groups in total. The van der Waals surface area contributed by atoms with E-state index >= 15 is 0 Å². The lowest BCUT2D eigenvalue weighted by Gasteiger charge is -2.58. The van der Waals surface area contributed by atoms with Crippen molar-refractivity contribution in [2.75, 3.05) is 33.3 Å². The molecule has 2 saturated heterocycles. The van der Waals surface area contributed by atoms with Crippen molar-refractivity contribution in [1.29, 1.82) is 0 Å². The largest absolute Gasteiger partial charge is 0.375 e. The predicted octanol–water partition coefficient (Wildman–Crippen LogP) is 3.02. The first-order chi connectivity index (χ1) is 12.1. The van der Waals surface area contributed by atoms with Gasteiger partial charge in [-0.05, 0) is 39.3 Å². The molecule has 1 atom stereocenters. The zero-order valence-electron chi connectivity index (χ0n) is 15.0. The van der Waals surface area contributed by atoms with Gasteiger partial charge in [0.05, 0.1) is 30.5 Å². The number of thiazole rings is 2. The van der Waals surface area contributed by atoms with Crippen LogP contribution in [0.1, 0.15) is 28.6 Å². The first kappa shape index (κ1) is 17.5. The summed E-state index contributed by atoms with van der Waals surface area (Å²) in [4.78, 5) is 14.0. The molecule has 0 saturated carbocycles. The van der Waals surface area contributed by atoms with Crippen molar-refractivity contribution in [3.8, 4) is 0 Å². The van der Waals surface area contributed by atoms with Crippen LogP contribution in [0.25, 0.3) is 0 Å². The van der Waals surface area contributed by atoms with Gasteiger partial charge in [-0.3, -0.25) is 9.80 Å². The highest BCUT2D eigenvalue weighted by atomic mass is 32.1. The predicted molar refractivity (Wildman–Crippen MR) is 102 cm³/mol. The molecule has 2 aliphatic heterocycles. The Kier molecular flexibility index (Phi) is 5.20. The first-order valence-corrected chi connectivity index (χ1v) is 10.7. The van der Waals surface area contributed by atoms with Gasteiger partial charge >= 0.3 is 0 Å². The molecule has 1 spiro atoms. The van der Waals surface area contributed by atoms with Gasteiger partial charge in [-0.1, -0.05) is 0 Å². The topological polar surface area (TPSA) is 41.5 Å². The Bertz CT molecular complexity index is 681. The minimum atomic E-state index is 0.348. The van der Waals surface area contributed by atoms with Crippen LogP contribution in [-0.2, 0) is 17.9 Å². The third-order valence-corrected chi connectivity index (χ3v) is 7.09. The van der Waals surface area contributed by atoms with Crippen molar-refractivity contribution in [3.63, 3.8) is 0 Å². The lowest BCUT2D eigenvalue weighted by molar-refractivity contribution is -0.0936. The summed E-state index contributed by atoms with van der Waals surface area (Å²) in [5.41, 5.74) is 1.42. The molecule has 25 heavy (non-hydrogen) atoms. The van der Waals surface area contributed by atoms with Gasteiger partial charge in [-0.15, -0.1) is 22.7 Å². The Labute approximate surface area is 157 Å². The molecule has 0 bridgehead atoms. The Morgan fingerprint density at radius 1 is 1.36 bits per heavy atom. The third-order valence-electron chi connectivity index (χ3n) is 5.50. The van der Waals surface area contributed by atoms with Gasteiger partial charge in [-0.2, -0.15) is 0 Å².